The number of benzene rings is 1. The normalized spacial score (nSPS) is 16.1. The fourth-order valence-electron chi connectivity index (χ4n) is 2.64. The van der Waals surface area contributed by atoms with E-state index in [0.29, 0.717) is 0 Å². The third-order valence-corrected chi connectivity index (χ3v) is 3.70. The molecule has 5 N–H and O–H groups in total. The summed E-state index contributed by atoms with van der Waals surface area (Å²) in [7, 11) is 0. The van der Waals surface area contributed by atoms with Crippen molar-refractivity contribution in [3.05, 3.63) is 23.8 Å². The summed E-state index contributed by atoms with van der Waals surface area (Å²) in [6.07, 6.45) is 3.70. The van der Waals surface area contributed by atoms with E-state index in [9.17, 15) is 15.0 Å². The number of phenolic OH excluding ortho intramolecular Hbond substituents is 2. The van der Waals surface area contributed by atoms with Gasteiger partial charge in [0, 0.05) is 6.04 Å². The first kappa shape index (κ1) is 15.0. The SMILES string of the molecule is N/C(CN(C(=O)c1cc(O)ccc1O)C1CCCC1)=N/O. The van der Waals surface area contributed by atoms with Gasteiger partial charge in [0.15, 0.2) is 5.84 Å². The Morgan fingerprint density at radius 2 is 2.00 bits per heavy atom. The molecule has 1 aliphatic carbocycles. The predicted molar refractivity (Wildman–Crippen MR) is 76.5 cm³/mol. The number of nitrogens with zero attached hydrogens (tertiary/aromatic N) is 2. The Morgan fingerprint density at radius 3 is 2.62 bits per heavy atom. The molecule has 0 unspecified atom stereocenters. The van der Waals surface area contributed by atoms with Gasteiger partial charge in [-0.1, -0.05) is 18.0 Å². The van der Waals surface area contributed by atoms with Crippen molar-refractivity contribution in [2.24, 2.45) is 10.9 Å². The summed E-state index contributed by atoms with van der Waals surface area (Å²) in [4.78, 5) is 14.1. The lowest BCUT2D eigenvalue weighted by Gasteiger charge is -2.28. The summed E-state index contributed by atoms with van der Waals surface area (Å²) in [5, 5.41) is 30.9. The molecular formula is C14H19N3O4. The number of oxime groups is 1. The number of amidine groups is 1. The quantitative estimate of drug-likeness (QED) is 0.219. The number of carbonyl (C=O) groups is 1. The highest BCUT2D eigenvalue weighted by Crippen LogP contribution is 2.28. The Kier molecular flexibility index (Phi) is 4.52. The van der Waals surface area contributed by atoms with E-state index < -0.39 is 5.91 Å². The molecule has 1 saturated carbocycles. The molecule has 0 bridgehead atoms. The van der Waals surface area contributed by atoms with Gasteiger partial charge in [-0.15, -0.1) is 0 Å². The van der Waals surface area contributed by atoms with Gasteiger partial charge in [-0.05, 0) is 31.0 Å². The first-order valence-electron chi connectivity index (χ1n) is 6.82. The van der Waals surface area contributed by atoms with E-state index in [-0.39, 0.29) is 35.5 Å². The average molecular weight is 293 g/mol. The largest absolute Gasteiger partial charge is 0.508 e. The summed E-state index contributed by atoms with van der Waals surface area (Å²) in [5.74, 6) is -0.830. The molecule has 1 fully saturated rings. The number of aromatic hydroxyl groups is 2. The molecule has 0 spiro atoms. The second kappa shape index (κ2) is 6.34. The molecule has 2 rings (SSSR count). The highest BCUT2D eigenvalue weighted by molar-refractivity contribution is 5.99. The number of rotatable bonds is 4. The molecule has 114 valence electrons. The number of hydrogen-bond acceptors (Lipinski definition) is 5. The van der Waals surface area contributed by atoms with E-state index in [1.165, 1.54) is 23.1 Å². The lowest BCUT2D eigenvalue weighted by Crippen LogP contribution is -2.44. The minimum Gasteiger partial charge on any atom is -0.508 e. The molecule has 0 saturated heterocycles. The Balaban J connectivity index is 2.30. The molecule has 1 aromatic rings. The third kappa shape index (κ3) is 3.36. The maximum Gasteiger partial charge on any atom is 0.258 e. The van der Waals surface area contributed by atoms with Crippen LogP contribution in [0.15, 0.2) is 23.4 Å². The number of phenols is 2. The minimum absolute atomic E-state index is 0.00707. The smallest absolute Gasteiger partial charge is 0.258 e. The van der Waals surface area contributed by atoms with Gasteiger partial charge in [0.2, 0.25) is 0 Å². The predicted octanol–water partition coefficient (Wildman–Crippen LogP) is 1.23. The van der Waals surface area contributed by atoms with Crippen LogP contribution in [-0.2, 0) is 0 Å². The summed E-state index contributed by atoms with van der Waals surface area (Å²) in [5.41, 5.74) is 5.53. The van der Waals surface area contributed by atoms with Crippen molar-refractivity contribution in [2.45, 2.75) is 31.7 Å². The number of carbonyl (C=O) groups excluding carboxylic acids is 1. The fourth-order valence-corrected chi connectivity index (χ4v) is 2.64. The molecule has 7 heteroatoms. The van der Waals surface area contributed by atoms with E-state index in [2.05, 4.69) is 5.16 Å². The van der Waals surface area contributed by atoms with Gasteiger partial charge in [0.25, 0.3) is 5.91 Å². The van der Waals surface area contributed by atoms with Gasteiger partial charge < -0.3 is 26.1 Å². The summed E-state index contributed by atoms with van der Waals surface area (Å²) in [6.45, 7) is -0.0188. The Labute approximate surface area is 122 Å². The van der Waals surface area contributed by atoms with Crippen LogP contribution >= 0.6 is 0 Å². The molecule has 0 radical (unpaired) electrons. The van der Waals surface area contributed by atoms with E-state index >= 15 is 0 Å². The molecular weight excluding hydrogens is 274 g/mol. The van der Waals surface area contributed by atoms with Crippen molar-refractivity contribution in [1.82, 2.24) is 4.90 Å². The highest BCUT2D eigenvalue weighted by Gasteiger charge is 2.29. The monoisotopic (exact) mass is 293 g/mol. The van der Waals surface area contributed by atoms with Crippen LogP contribution in [0, 0.1) is 0 Å². The van der Waals surface area contributed by atoms with Crippen LogP contribution in [0.25, 0.3) is 0 Å². The Morgan fingerprint density at radius 1 is 1.33 bits per heavy atom. The fraction of sp³-hybridized carbons (Fsp3) is 0.429. The topological polar surface area (TPSA) is 119 Å². The van der Waals surface area contributed by atoms with Crippen molar-refractivity contribution in [3.63, 3.8) is 0 Å². The molecule has 0 atom stereocenters. The number of hydrogen-bond donors (Lipinski definition) is 4. The molecule has 21 heavy (non-hydrogen) atoms. The van der Waals surface area contributed by atoms with E-state index in [4.69, 9.17) is 10.9 Å². The van der Waals surface area contributed by atoms with E-state index in [0.717, 1.165) is 25.7 Å². The molecule has 0 aromatic heterocycles. The standard InChI is InChI=1S/C14H19N3O4/c15-13(16-21)8-17(9-3-1-2-4-9)14(20)11-7-10(18)5-6-12(11)19/h5-7,9,18-19,21H,1-4,8H2,(H2,15,16). The average Bonchev–Trinajstić information content (AvgIpc) is 3.00. The summed E-state index contributed by atoms with van der Waals surface area (Å²) < 4.78 is 0. The van der Waals surface area contributed by atoms with Crippen molar-refractivity contribution in [1.29, 1.82) is 0 Å². The van der Waals surface area contributed by atoms with Gasteiger partial charge in [-0.25, -0.2) is 0 Å². The highest BCUT2D eigenvalue weighted by atomic mass is 16.4. The van der Waals surface area contributed by atoms with Crippen molar-refractivity contribution < 1.29 is 20.2 Å². The Bertz CT molecular complexity index is 553. The first-order chi connectivity index (χ1) is 10.0. The first-order valence-corrected chi connectivity index (χ1v) is 6.82. The Hall–Kier alpha value is -2.44. The van der Waals surface area contributed by atoms with Crippen LogP contribution in [0.3, 0.4) is 0 Å². The van der Waals surface area contributed by atoms with Crippen LogP contribution in [0.4, 0.5) is 0 Å². The van der Waals surface area contributed by atoms with Gasteiger partial charge in [-0.2, -0.15) is 0 Å². The maximum atomic E-state index is 12.6. The number of amides is 1. The number of nitrogens with two attached hydrogens (primary N) is 1. The van der Waals surface area contributed by atoms with Gasteiger partial charge in [-0.3, -0.25) is 4.79 Å². The van der Waals surface area contributed by atoms with Crippen LogP contribution in [-0.4, -0.2) is 44.6 Å². The summed E-state index contributed by atoms with van der Waals surface area (Å²) >= 11 is 0. The summed E-state index contributed by atoms with van der Waals surface area (Å²) in [6, 6.07) is 3.76. The van der Waals surface area contributed by atoms with Crippen LogP contribution < -0.4 is 5.73 Å². The van der Waals surface area contributed by atoms with Crippen LogP contribution in [0.1, 0.15) is 36.0 Å². The van der Waals surface area contributed by atoms with Crippen molar-refractivity contribution in [2.75, 3.05) is 6.54 Å². The third-order valence-electron chi connectivity index (χ3n) is 3.70. The molecule has 7 nitrogen and oxygen atoms in total. The van der Waals surface area contributed by atoms with Crippen LogP contribution in [0.2, 0.25) is 0 Å². The lowest BCUT2D eigenvalue weighted by molar-refractivity contribution is 0.0709. The van der Waals surface area contributed by atoms with Crippen molar-refractivity contribution >= 4 is 11.7 Å². The molecule has 1 aliphatic rings. The van der Waals surface area contributed by atoms with Crippen molar-refractivity contribution in [3.8, 4) is 11.5 Å². The van der Waals surface area contributed by atoms with Gasteiger partial charge >= 0.3 is 0 Å². The van der Waals surface area contributed by atoms with Gasteiger partial charge in [0.1, 0.15) is 11.5 Å². The zero-order chi connectivity index (χ0) is 15.4. The van der Waals surface area contributed by atoms with Gasteiger partial charge in [0.05, 0.1) is 12.1 Å². The second-order valence-corrected chi connectivity index (χ2v) is 5.16. The van der Waals surface area contributed by atoms with Crippen LogP contribution in [0.5, 0.6) is 11.5 Å². The maximum absolute atomic E-state index is 12.6. The van der Waals surface area contributed by atoms with E-state index in [1.807, 2.05) is 0 Å². The second-order valence-electron chi connectivity index (χ2n) is 5.16. The molecule has 1 aromatic carbocycles. The lowest BCUT2D eigenvalue weighted by atomic mass is 10.1. The van der Waals surface area contributed by atoms with E-state index in [1.54, 1.807) is 0 Å². The zero-order valence-electron chi connectivity index (χ0n) is 11.6. The minimum atomic E-state index is -0.443. The molecule has 1 amide bonds. The zero-order valence-corrected chi connectivity index (χ0v) is 11.6. The molecule has 0 aliphatic heterocycles. The molecule has 0 heterocycles.